The van der Waals surface area contributed by atoms with Gasteiger partial charge in [0.25, 0.3) is 0 Å². The summed E-state index contributed by atoms with van der Waals surface area (Å²) in [6.07, 6.45) is 1.20. The lowest BCUT2D eigenvalue weighted by Gasteiger charge is -2.09. The lowest BCUT2D eigenvalue weighted by molar-refractivity contribution is 0.602. The van der Waals surface area contributed by atoms with Crippen molar-refractivity contribution in [2.75, 3.05) is 6.26 Å². The Bertz CT molecular complexity index is 1260. The summed E-state index contributed by atoms with van der Waals surface area (Å²) in [5.41, 5.74) is 4.60. The van der Waals surface area contributed by atoms with Gasteiger partial charge >= 0.3 is 0 Å². The SMILES string of the molecule is Cc1nn(C)c2c(-c3cccc(S(C)(=O)=O)c3)nc(-c3ccccc3)nc12. The van der Waals surface area contributed by atoms with Gasteiger partial charge in [-0.3, -0.25) is 4.68 Å². The van der Waals surface area contributed by atoms with E-state index >= 15 is 0 Å². The Hall–Kier alpha value is -3.06. The molecule has 0 fully saturated rings. The zero-order chi connectivity index (χ0) is 19.2. The number of nitrogens with zero attached hydrogens (tertiary/aromatic N) is 4. The third kappa shape index (κ3) is 3.10. The highest BCUT2D eigenvalue weighted by molar-refractivity contribution is 7.90. The molecule has 0 atom stereocenters. The monoisotopic (exact) mass is 378 g/mol. The fraction of sp³-hybridized carbons (Fsp3) is 0.150. The van der Waals surface area contributed by atoms with Crippen LogP contribution in [0.2, 0.25) is 0 Å². The number of rotatable bonds is 3. The van der Waals surface area contributed by atoms with Crippen molar-refractivity contribution in [2.24, 2.45) is 7.05 Å². The molecule has 0 aliphatic heterocycles. The molecule has 0 unspecified atom stereocenters. The molecule has 0 saturated heterocycles. The first-order chi connectivity index (χ1) is 12.8. The first kappa shape index (κ1) is 17.4. The second-order valence-corrected chi connectivity index (χ2v) is 8.48. The van der Waals surface area contributed by atoms with E-state index in [9.17, 15) is 8.42 Å². The number of hydrogen-bond donors (Lipinski definition) is 0. The number of aryl methyl sites for hydroxylation is 2. The van der Waals surface area contributed by atoms with Gasteiger partial charge in [0.05, 0.1) is 10.6 Å². The van der Waals surface area contributed by atoms with Gasteiger partial charge in [0.2, 0.25) is 0 Å². The Balaban J connectivity index is 2.05. The summed E-state index contributed by atoms with van der Waals surface area (Å²) >= 11 is 0. The molecule has 0 amide bonds. The quantitative estimate of drug-likeness (QED) is 0.546. The molecule has 4 aromatic rings. The van der Waals surface area contributed by atoms with Crippen molar-refractivity contribution in [3.05, 3.63) is 60.3 Å². The highest BCUT2D eigenvalue weighted by Gasteiger charge is 2.18. The van der Waals surface area contributed by atoms with E-state index in [-0.39, 0.29) is 4.90 Å². The summed E-state index contributed by atoms with van der Waals surface area (Å²) in [6, 6.07) is 16.5. The highest BCUT2D eigenvalue weighted by atomic mass is 32.2. The Labute approximate surface area is 157 Å². The van der Waals surface area contributed by atoms with Crippen molar-refractivity contribution in [2.45, 2.75) is 11.8 Å². The maximum atomic E-state index is 12.0. The number of aromatic nitrogens is 4. The van der Waals surface area contributed by atoms with Crippen LogP contribution in [0.15, 0.2) is 59.5 Å². The van der Waals surface area contributed by atoms with E-state index in [1.54, 1.807) is 22.9 Å². The third-order valence-corrected chi connectivity index (χ3v) is 5.53. The minimum atomic E-state index is -3.32. The van der Waals surface area contributed by atoms with Crippen LogP contribution in [0.4, 0.5) is 0 Å². The van der Waals surface area contributed by atoms with Gasteiger partial charge in [-0.05, 0) is 19.1 Å². The molecule has 0 aliphatic carbocycles. The molecular formula is C20H18N4O2S. The zero-order valence-electron chi connectivity index (χ0n) is 15.2. The van der Waals surface area contributed by atoms with E-state index in [1.807, 2.05) is 50.4 Å². The van der Waals surface area contributed by atoms with Crippen molar-refractivity contribution < 1.29 is 8.42 Å². The topological polar surface area (TPSA) is 77.7 Å². The first-order valence-electron chi connectivity index (χ1n) is 8.42. The molecule has 2 aromatic carbocycles. The molecule has 4 rings (SSSR count). The van der Waals surface area contributed by atoms with Crippen LogP contribution in [-0.2, 0) is 16.9 Å². The van der Waals surface area contributed by atoms with Gasteiger partial charge in [-0.15, -0.1) is 0 Å². The Morgan fingerprint density at radius 1 is 0.926 bits per heavy atom. The van der Waals surface area contributed by atoms with E-state index in [2.05, 4.69) is 5.10 Å². The van der Waals surface area contributed by atoms with Crippen molar-refractivity contribution in [1.82, 2.24) is 19.7 Å². The molecule has 0 saturated carbocycles. The average molecular weight is 378 g/mol. The molecule has 2 heterocycles. The number of benzene rings is 2. The van der Waals surface area contributed by atoms with Crippen molar-refractivity contribution in [3.8, 4) is 22.6 Å². The van der Waals surface area contributed by atoms with Crippen LogP contribution in [0.5, 0.6) is 0 Å². The van der Waals surface area contributed by atoms with Crippen LogP contribution in [0.3, 0.4) is 0 Å². The second kappa shape index (κ2) is 6.28. The number of hydrogen-bond acceptors (Lipinski definition) is 5. The molecule has 0 N–H and O–H groups in total. The van der Waals surface area contributed by atoms with Gasteiger partial charge in [0.1, 0.15) is 16.7 Å². The van der Waals surface area contributed by atoms with E-state index in [4.69, 9.17) is 9.97 Å². The van der Waals surface area contributed by atoms with Crippen molar-refractivity contribution >= 4 is 20.9 Å². The Kier molecular flexibility index (Phi) is 4.04. The fourth-order valence-corrected chi connectivity index (χ4v) is 3.79. The minimum absolute atomic E-state index is 0.256. The average Bonchev–Trinajstić information content (AvgIpc) is 2.95. The molecule has 0 spiro atoms. The minimum Gasteiger partial charge on any atom is -0.264 e. The normalized spacial score (nSPS) is 11.8. The number of sulfone groups is 1. The van der Waals surface area contributed by atoms with Crippen LogP contribution >= 0.6 is 0 Å². The molecule has 0 radical (unpaired) electrons. The third-order valence-electron chi connectivity index (χ3n) is 4.42. The molecule has 27 heavy (non-hydrogen) atoms. The summed E-state index contributed by atoms with van der Waals surface area (Å²) in [6.45, 7) is 1.90. The van der Waals surface area contributed by atoms with Crippen LogP contribution < -0.4 is 0 Å². The lowest BCUT2D eigenvalue weighted by Crippen LogP contribution is -2.00. The van der Waals surface area contributed by atoms with Gasteiger partial charge in [0.15, 0.2) is 15.7 Å². The summed E-state index contributed by atoms with van der Waals surface area (Å²) in [7, 11) is -1.48. The molecular weight excluding hydrogens is 360 g/mol. The maximum Gasteiger partial charge on any atom is 0.175 e. The Morgan fingerprint density at radius 3 is 2.33 bits per heavy atom. The number of fused-ring (bicyclic) bond motifs is 1. The molecule has 2 aromatic heterocycles. The standard InChI is InChI=1S/C20H18N4O2S/c1-13-17-19(24(2)23-13)18(15-10-7-11-16(12-15)27(3,25)26)22-20(21-17)14-8-5-4-6-9-14/h4-12H,1-3H3. The second-order valence-electron chi connectivity index (χ2n) is 6.47. The molecule has 0 bridgehead atoms. The molecule has 7 heteroatoms. The summed E-state index contributed by atoms with van der Waals surface area (Å²) in [4.78, 5) is 9.74. The van der Waals surface area contributed by atoms with Crippen LogP contribution in [0.1, 0.15) is 5.69 Å². The smallest absolute Gasteiger partial charge is 0.175 e. The van der Waals surface area contributed by atoms with Gasteiger partial charge in [-0.25, -0.2) is 18.4 Å². The lowest BCUT2D eigenvalue weighted by atomic mass is 10.1. The van der Waals surface area contributed by atoms with Crippen molar-refractivity contribution in [1.29, 1.82) is 0 Å². The van der Waals surface area contributed by atoms with E-state index in [0.29, 0.717) is 17.1 Å². The first-order valence-corrected chi connectivity index (χ1v) is 10.3. The Morgan fingerprint density at radius 2 is 1.63 bits per heavy atom. The molecule has 136 valence electrons. The van der Waals surface area contributed by atoms with Crippen LogP contribution in [0.25, 0.3) is 33.7 Å². The fourth-order valence-electron chi connectivity index (χ4n) is 3.13. The van der Waals surface area contributed by atoms with Crippen LogP contribution in [-0.4, -0.2) is 34.4 Å². The van der Waals surface area contributed by atoms with E-state index < -0.39 is 9.84 Å². The predicted molar refractivity (Wildman–Crippen MR) is 105 cm³/mol. The summed E-state index contributed by atoms with van der Waals surface area (Å²) in [5.74, 6) is 0.582. The van der Waals surface area contributed by atoms with Gasteiger partial charge < -0.3 is 0 Å². The zero-order valence-corrected chi connectivity index (χ0v) is 16.0. The summed E-state index contributed by atoms with van der Waals surface area (Å²) in [5, 5.41) is 4.48. The molecule has 6 nitrogen and oxygen atoms in total. The molecule has 0 aliphatic rings. The summed E-state index contributed by atoms with van der Waals surface area (Å²) < 4.78 is 25.7. The predicted octanol–water partition coefficient (Wildman–Crippen LogP) is 3.41. The highest BCUT2D eigenvalue weighted by Crippen LogP contribution is 2.31. The van der Waals surface area contributed by atoms with Gasteiger partial charge in [-0.1, -0.05) is 42.5 Å². The van der Waals surface area contributed by atoms with Crippen molar-refractivity contribution in [3.63, 3.8) is 0 Å². The van der Waals surface area contributed by atoms with E-state index in [1.165, 1.54) is 6.26 Å². The van der Waals surface area contributed by atoms with Crippen LogP contribution in [0, 0.1) is 6.92 Å². The van der Waals surface area contributed by atoms with Gasteiger partial charge in [0, 0.05) is 24.4 Å². The van der Waals surface area contributed by atoms with E-state index in [0.717, 1.165) is 22.3 Å². The maximum absolute atomic E-state index is 12.0. The largest absolute Gasteiger partial charge is 0.264 e. The van der Waals surface area contributed by atoms with Gasteiger partial charge in [-0.2, -0.15) is 5.10 Å².